The summed E-state index contributed by atoms with van der Waals surface area (Å²) in [5, 5.41) is 2.77. The average Bonchev–Trinajstić information content (AvgIpc) is 3.16. The van der Waals surface area contributed by atoms with Crippen molar-refractivity contribution in [1.29, 1.82) is 0 Å². The molecule has 1 amide bonds. The van der Waals surface area contributed by atoms with Gasteiger partial charge in [-0.15, -0.1) is 0 Å². The van der Waals surface area contributed by atoms with Crippen LogP contribution in [0.3, 0.4) is 0 Å². The summed E-state index contributed by atoms with van der Waals surface area (Å²) >= 11 is 0. The second kappa shape index (κ2) is 8.11. The van der Waals surface area contributed by atoms with Gasteiger partial charge in [-0.05, 0) is 36.4 Å². The van der Waals surface area contributed by atoms with E-state index in [1.54, 1.807) is 56.7 Å². The molecule has 26 heavy (non-hydrogen) atoms. The second-order valence-corrected chi connectivity index (χ2v) is 5.42. The topological polar surface area (TPSA) is 69.9 Å². The van der Waals surface area contributed by atoms with Gasteiger partial charge in [0.25, 0.3) is 5.91 Å². The van der Waals surface area contributed by atoms with Crippen LogP contribution in [0.4, 0.5) is 5.69 Å². The summed E-state index contributed by atoms with van der Waals surface area (Å²) in [6.45, 7) is 0.208. The predicted octanol–water partition coefficient (Wildman–Crippen LogP) is 4.13. The third-order valence-electron chi connectivity index (χ3n) is 3.64. The first-order valence-corrected chi connectivity index (χ1v) is 7.99. The predicted molar refractivity (Wildman–Crippen MR) is 97.0 cm³/mol. The molecule has 0 spiro atoms. The quantitative estimate of drug-likeness (QED) is 0.692. The molecule has 0 saturated carbocycles. The van der Waals surface area contributed by atoms with Crippen molar-refractivity contribution < 1.29 is 23.4 Å². The molecule has 1 heterocycles. The summed E-state index contributed by atoms with van der Waals surface area (Å²) in [5.74, 6) is 2.43. The van der Waals surface area contributed by atoms with Crippen LogP contribution in [-0.4, -0.2) is 20.1 Å². The molecule has 134 valence electrons. The van der Waals surface area contributed by atoms with Crippen LogP contribution in [0.15, 0.2) is 65.1 Å². The number of nitrogens with one attached hydrogen (secondary N) is 1. The number of carbonyl (C=O) groups excluding carboxylic acids is 1. The molecule has 1 N–H and O–H groups in total. The fourth-order valence-corrected chi connectivity index (χ4v) is 2.32. The van der Waals surface area contributed by atoms with E-state index in [0.717, 1.165) is 0 Å². The van der Waals surface area contributed by atoms with Gasteiger partial charge >= 0.3 is 0 Å². The van der Waals surface area contributed by atoms with E-state index in [4.69, 9.17) is 18.6 Å². The molecule has 0 aliphatic rings. The fraction of sp³-hybridized carbons (Fsp3) is 0.150. The van der Waals surface area contributed by atoms with E-state index in [-0.39, 0.29) is 18.3 Å². The third-order valence-corrected chi connectivity index (χ3v) is 3.64. The Morgan fingerprint density at radius 2 is 1.62 bits per heavy atom. The van der Waals surface area contributed by atoms with Gasteiger partial charge in [0, 0.05) is 17.8 Å². The van der Waals surface area contributed by atoms with Crippen molar-refractivity contribution in [3.63, 3.8) is 0 Å². The molecule has 2 aromatic carbocycles. The van der Waals surface area contributed by atoms with Gasteiger partial charge in [-0.2, -0.15) is 0 Å². The summed E-state index contributed by atoms with van der Waals surface area (Å²) in [6, 6.07) is 17.7. The molecule has 1 aromatic heterocycles. The Labute approximate surface area is 151 Å². The molecule has 6 heteroatoms. The number of benzene rings is 2. The Hall–Kier alpha value is -3.41. The van der Waals surface area contributed by atoms with E-state index in [1.807, 2.05) is 18.2 Å². The van der Waals surface area contributed by atoms with E-state index >= 15 is 0 Å². The summed E-state index contributed by atoms with van der Waals surface area (Å²) in [7, 11) is 3.17. The fourth-order valence-electron chi connectivity index (χ4n) is 2.32. The molecule has 0 bridgehead atoms. The van der Waals surface area contributed by atoms with Crippen molar-refractivity contribution in [2.24, 2.45) is 0 Å². The number of hydrogen-bond acceptors (Lipinski definition) is 5. The normalized spacial score (nSPS) is 10.2. The van der Waals surface area contributed by atoms with E-state index in [0.29, 0.717) is 28.7 Å². The number of amides is 1. The van der Waals surface area contributed by atoms with Crippen molar-refractivity contribution >= 4 is 11.6 Å². The first-order valence-electron chi connectivity index (χ1n) is 7.99. The van der Waals surface area contributed by atoms with E-state index in [2.05, 4.69) is 5.32 Å². The maximum absolute atomic E-state index is 12.3. The van der Waals surface area contributed by atoms with Crippen molar-refractivity contribution in [3.05, 3.63) is 72.2 Å². The van der Waals surface area contributed by atoms with E-state index < -0.39 is 0 Å². The second-order valence-electron chi connectivity index (χ2n) is 5.42. The van der Waals surface area contributed by atoms with Gasteiger partial charge in [0.15, 0.2) is 5.76 Å². The Morgan fingerprint density at radius 1 is 0.923 bits per heavy atom. The summed E-state index contributed by atoms with van der Waals surface area (Å²) in [6.07, 6.45) is 0. The molecule has 3 rings (SSSR count). The Morgan fingerprint density at radius 3 is 2.38 bits per heavy atom. The van der Waals surface area contributed by atoms with Gasteiger partial charge in [0.05, 0.1) is 14.2 Å². The zero-order valence-electron chi connectivity index (χ0n) is 14.5. The average molecular weight is 353 g/mol. The molecule has 0 aliphatic carbocycles. The number of methoxy groups -OCH3 is 2. The van der Waals surface area contributed by atoms with Gasteiger partial charge in [-0.3, -0.25) is 4.79 Å². The highest BCUT2D eigenvalue weighted by molar-refractivity contribution is 6.02. The van der Waals surface area contributed by atoms with Crippen molar-refractivity contribution in [2.75, 3.05) is 19.5 Å². The number of rotatable bonds is 7. The van der Waals surface area contributed by atoms with Crippen LogP contribution >= 0.6 is 0 Å². The number of anilines is 1. The smallest absolute Gasteiger partial charge is 0.291 e. The lowest BCUT2D eigenvalue weighted by Gasteiger charge is -2.06. The lowest BCUT2D eigenvalue weighted by molar-refractivity contribution is 0.0992. The van der Waals surface area contributed by atoms with Gasteiger partial charge in [-0.1, -0.05) is 12.1 Å². The lowest BCUT2D eigenvalue weighted by Crippen LogP contribution is -2.10. The first kappa shape index (κ1) is 17.4. The van der Waals surface area contributed by atoms with Gasteiger partial charge in [-0.25, -0.2) is 0 Å². The molecule has 3 aromatic rings. The van der Waals surface area contributed by atoms with Crippen molar-refractivity contribution in [3.8, 4) is 17.2 Å². The van der Waals surface area contributed by atoms with Crippen molar-refractivity contribution in [1.82, 2.24) is 0 Å². The molecule has 0 fully saturated rings. The number of furan rings is 1. The Balaban J connectivity index is 1.60. The number of carbonyl (C=O) groups is 1. The molecular weight excluding hydrogens is 334 g/mol. The SMILES string of the molecule is COc1cccc(NC(=O)c2ccc(COc3cccc(OC)c3)o2)c1. The maximum Gasteiger partial charge on any atom is 0.291 e. The minimum Gasteiger partial charge on any atom is -0.497 e. The summed E-state index contributed by atoms with van der Waals surface area (Å²) in [4.78, 5) is 12.3. The maximum atomic E-state index is 12.3. The largest absolute Gasteiger partial charge is 0.497 e. The lowest BCUT2D eigenvalue weighted by atomic mass is 10.3. The van der Waals surface area contributed by atoms with Gasteiger partial charge in [0.2, 0.25) is 0 Å². The molecule has 0 aliphatic heterocycles. The highest BCUT2D eigenvalue weighted by Gasteiger charge is 2.12. The highest BCUT2D eigenvalue weighted by atomic mass is 16.5. The van der Waals surface area contributed by atoms with E-state index in [1.165, 1.54) is 0 Å². The minimum atomic E-state index is -0.342. The van der Waals surface area contributed by atoms with Crippen LogP contribution < -0.4 is 19.5 Å². The van der Waals surface area contributed by atoms with Gasteiger partial charge in [0.1, 0.15) is 29.6 Å². The molecule has 0 unspecified atom stereocenters. The number of hydrogen-bond donors (Lipinski definition) is 1. The molecule has 6 nitrogen and oxygen atoms in total. The standard InChI is InChI=1S/C20H19NO5/c1-23-15-6-3-5-14(11-15)21-20(22)19-10-9-18(26-19)13-25-17-8-4-7-16(12-17)24-2/h3-12H,13H2,1-2H3,(H,21,22). The third kappa shape index (κ3) is 4.36. The van der Waals surface area contributed by atoms with Crippen LogP contribution in [0.5, 0.6) is 17.2 Å². The monoisotopic (exact) mass is 353 g/mol. The van der Waals surface area contributed by atoms with E-state index in [9.17, 15) is 4.79 Å². The molecule has 0 radical (unpaired) electrons. The molecule has 0 saturated heterocycles. The number of ether oxygens (including phenoxy) is 3. The Bertz CT molecular complexity index is 887. The molecular formula is C20H19NO5. The zero-order chi connectivity index (χ0) is 18.4. The minimum absolute atomic E-state index is 0.206. The molecule has 0 atom stereocenters. The van der Waals surface area contributed by atoms with Crippen LogP contribution in [0.1, 0.15) is 16.3 Å². The summed E-state index contributed by atoms with van der Waals surface area (Å²) in [5.41, 5.74) is 0.625. The van der Waals surface area contributed by atoms with Crippen LogP contribution in [-0.2, 0) is 6.61 Å². The summed E-state index contributed by atoms with van der Waals surface area (Å²) < 4.78 is 21.5. The van der Waals surface area contributed by atoms with Crippen LogP contribution in [0, 0.1) is 0 Å². The van der Waals surface area contributed by atoms with Crippen LogP contribution in [0.2, 0.25) is 0 Å². The Kier molecular flexibility index (Phi) is 5.43. The zero-order valence-corrected chi connectivity index (χ0v) is 14.5. The van der Waals surface area contributed by atoms with Crippen molar-refractivity contribution in [2.45, 2.75) is 6.61 Å². The van der Waals surface area contributed by atoms with Crippen LogP contribution in [0.25, 0.3) is 0 Å². The van der Waals surface area contributed by atoms with Gasteiger partial charge < -0.3 is 23.9 Å². The highest BCUT2D eigenvalue weighted by Crippen LogP contribution is 2.21. The first-order chi connectivity index (χ1) is 12.7.